The molecule has 2 nitrogen and oxygen atoms in total. The molecule has 1 heterocycles. The molecule has 0 radical (unpaired) electrons. The van der Waals surface area contributed by atoms with E-state index in [4.69, 9.17) is 0 Å². The van der Waals surface area contributed by atoms with E-state index in [0.29, 0.717) is 11.3 Å². The third-order valence-corrected chi connectivity index (χ3v) is 4.15. The fourth-order valence-electron chi connectivity index (χ4n) is 2.13. The maximum atomic E-state index is 4.54. The summed E-state index contributed by atoms with van der Waals surface area (Å²) in [5, 5.41) is 4.78. The number of aryl methyl sites for hydroxylation is 1. The van der Waals surface area contributed by atoms with E-state index in [1.54, 1.807) is 0 Å². The number of benzene rings is 1. The van der Waals surface area contributed by atoms with Gasteiger partial charge in [-0.3, -0.25) is 4.98 Å². The Balaban J connectivity index is 1.99. The Labute approximate surface area is 122 Å². The molecule has 0 bridgehead atoms. The van der Waals surface area contributed by atoms with Gasteiger partial charge >= 0.3 is 0 Å². The largest absolute Gasteiger partial charge is 0.312 e. The normalized spacial score (nSPS) is 13.7. The number of nitrogens with zero attached hydrogens (tertiary/aromatic N) is 1. The molecule has 1 aromatic carbocycles. The molecule has 0 saturated heterocycles. The summed E-state index contributed by atoms with van der Waals surface area (Å²) < 4.78 is 0. The van der Waals surface area contributed by atoms with Crippen molar-refractivity contribution in [3.63, 3.8) is 0 Å². The van der Waals surface area contributed by atoms with Gasteiger partial charge in [0.25, 0.3) is 0 Å². The molecule has 0 fully saturated rings. The van der Waals surface area contributed by atoms with Crippen molar-refractivity contribution in [1.82, 2.24) is 10.3 Å². The van der Waals surface area contributed by atoms with Crippen molar-refractivity contribution in [2.24, 2.45) is 11.3 Å². The second kappa shape index (κ2) is 5.92. The van der Waals surface area contributed by atoms with Crippen molar-refractivity contribution >= 4 is 10.9 Å². The second-order valence-electron chi connectivity index (χ2n) is 6.88. The van der Waals surface area contributed by atoms with Gasteiger partial charge in [-0.15, -0.1) is 0 Å². The third kappa shape index (κ3) is 3.80. The van der Waals surface area contributed by atoms with E-state index in [1.807, 2.05) is 6.92 Å². The predicted molar refractivity (Wildman–Crippen MR) is 86.8 cm³/mol. The molecule has 0 spiro atoms. The molecule has 0 amide bonds. The molecule has 1 N–H and O–H groups in total. The van der Waals surface area contributed by atoms with Crippen LogP contribution in [0.4, 0.5) is 0 Å². The van der Waals surface area contributed by atoms with Gasteiger partial charge in [0.1, 0.15) is 0 Å². The van der Waals surface area contributed by atoms with E-state index in [2.05, 4.69) is 68.3 Å². The van der Waals surface area contributed by atoms with Crippen molar-refractivity contribution in [3.8, 4) is 0 Å². The lowest BCUT2D eigenvalue weighted by atomic mass is 9.82. The molecule has 108 valence electrons. The first-order chi connectivity index (χ1) is 9.36. The van der Waals surface area contributed by atoms with Crippen LogP contribution >= 0.6 is 0 Å². The van der Waals surface area contributed by atoms with Crippen molar-refractivity contribution in [2.75, 3.05) is 6.54 Å². The van der Waals surface area contributed by atoms with Crippen LogP contribution in [0.25, 0.3) is 10.9 Å². The first-order valence-electron chi connectivity index (χ1n) is 7.43. The smallest absolute Gasteiger partial charge is 0.0705 e. The van der Waals surface area contributed by atoms with Crippen molar-refractivity contribution < 1.29 is 0 Å². The zero-order chi connectivity index (χ0) is 14.8. The topological polar surface area (TPSA) is 24.9 Å². The zero-order valence-electron chi connectivity index (χ0n) is 13.3. The number of aromatic nitrogens is 1. The lowest BCUT2D eigenvalue weighted by Gasteiger charge is -2.27. The maximum Gasteiger partial charge on any atom is 0.0705 e. The summed E-state index contributed by atoms with van der Waals surface area (Å²) in [7, 11) is 0. The minimum atomic E-state index is 0.359. The average Bonchev–Trinajstić information content (AvgIpc) is 2.37. The van der Waals surface area contributed by atoms with Gasteiger partial charge in [-0.1, -0.05) is 39.8 Å². The highest BCUT2D eigenvalue weighted by Crippen LogP contribution is 2.24. The van der Waals surface area contributed by atoms with Crippen LogP contribution in [0.1, 0.15) is 39.0 Å². The quantitative estimate of drug-likeness (QED) is 0.895. The molecular weight excluding hydrogens is 244 g/mol. The first kappa shape index (κ1) is 15.0. The van der Waals surface area contributed by atoms with Crippen LogP contribution < -0.4 is 5.32 Å². The van der Waals surface area contributed by atoms with Crippen LogP contribution in [0.3, 0.4) is 0 Å². The maximum absolute atomic E-state index is 4.54. The van der Waals surface area contributed by atoms with Gasteiger partial charge in [0.2, 0.25) is 0 Å². The van der Waals surface area contributed by atoms with Gasteiger partial charge in [-0.05, 0) is 48.6 Å². The van der Waals surface area contributed by atoms with Crippen molar-refractivity contribution in [1.29, 1.82) is 0 Å². The van der Waals surface area contributed by atoms with Crippen LogP contribution in [0, 0.1) is 18.3 Å². The fourth-order valence-corrected chi connectivity index (χ4v) is 2.13. The molecule has 1 aromatic heterocycles. The molecular formula is C18H26N2. The van der Waals surface area contributed by atoms with E-state index in [-0.39, 0.29) is 0 Å². The third-order valence-electron chi connectivity index (χ3n) is 4.15. The average molecular weight is 270 g/mol. The Kier molecular flexibility index (Phi) is 4.44. The summed E-state index contributed by atoms with van der Waals surface area (Å²) in [5.74, 6) is 0.660. The Hall–Kier alpha value is -1.41. The van der Waals surface area contributed by atoms with Crippen molar-refractivity contribution in [3.05, 3.63) is 41.6 Å². The Morgan fingerprint density at radius 3 is 2.60 bits per heavy atom. The minimum absolute atomic E-state index is 0.359. The van der Waals surface area contributed by atoms with E-state index in [1.165, 1.54) is 10.9 Å². The number of rotatable bonds is 4. The Morgan fingerprint density at radius 1 is 1.15 bits per heavy atom. The van der Waals surface area contributed by atoms with Gasteiger partial charge in [0.15, 0.2) is 0 Å². The summed E-state index contributed by atoms with van der Waals surface area (Å²) >= 11 is 0. The number of nitrogens with one attached hydrogen (secondary N) is 1. The van der Waals surface area contributed by atoms with Crippen LogP contribution in [-0.4, -0.2) is 11.5 Å². The molecule has 0 aliphatic carbocycles. The fraction of sp³-hybridized carbons (Fsp3) is 0.500. The van der Waals surface area contributed by atoms with E-state index < -0.39 is 0 Å². The van der Waals surface area contributed by atoms with E-state index in [9.17, 15) is 0 Å². The van der Waals surface area contributed by atoms with E-state index in [0.717, 1.165) is 24.3 Å². The van der Waals surface area contributed by atoms with Gasteiger partial charge in [-0.25, -0.2) is 0 Å². The second-order valence-corrected chi connectivity index (χ2v) is 6.88. The number of fused-ring (bicyclic) bond motifs is 1. The highest BCUT2D eigenvalue weighted by molar-refractivity contribution is 5.79. The lowest BCUT2D eigenvalue weighted by molar-refractivity contribution is 0.252. The van der Waals surface area contributed by atoms with Crippen molar-refractivity contribution in [2.45, 2.75) is 41.2 Å². The summed E-state index contributed by atoms with van der Waals surface area (Å²) in [4.78, 5) is 4.54. The van der Waals surface area contributed by atoms with Gasteiger partial charge in [-0.2, -0.15) is 0 Å². The molecule has 0 aliphatic rings. The number of hydrogen-bond acceptors (Lipinski definition) is 2. The molecule has 1 unspecified atom stereocenters. The van der Waals surface area contributed by atoms with Crippen LogP contribution in [0.2, 0.25) is 0 Å². The van der Waals surface area contributed by atoms with Crippen LogP contribution in [0.15, 0.2) is 30.3 Å². The monoisotopic (exact) mass is 270 g/mol. The SMILES string of the molecule is Cc1ccc2cc(CNCC(C)C(C)(C)C)ccc2n1. The molecule has 2 rings (SSSR count). The molecule has 2 heteroatoms. The van der Waals surface area contributed by atoms with Gasteiger partial charge in [0.05, 0.1) is 5.52 Å². The highest BCUT2D eigenvalue weighted by Gasteiger charge is 2.19. The summed E-state index contributed by atoms with van der Waals surface area (Å²) in [6.45, 7) is 13.2. The Bertz CT molecular complexity index is 581. The first-order valence-corrected chi connectivity index (χ1v) is 7.43. The highest BCUT2D eigenvalue weighted by atomic mass is 14.9. The van der Waals surface area contributed by atoms with Gasteiger partial charge < -0.3 is 5.32 Å². The number of pyridine rings is 1. The standard InChI is InChI=1S/C18H26N2/c1-13(18(3,4)5)11-19-12-15-7-9-17-16(10-15)8-6-14(2)20-17/h6-10,13,19H,11-12H2,1-5H3. The number of hydrogen-bond donors (Lipinski definition) is 1. The van der Waals surface area contributed by atoms with Crippen LogP contribution in [0.5, 0.6) is 0 Å². The molecule has 2 aromatic rings. The Morgan fingerprint density at radius 2 is 1.90 bits per heavy atom. The van der Waals surface area contributed by atoms with E-state index >= 15 is 0 Å². The molecule has 20 heavy (non-hydrogen) atoms. The summed E-state index contributed by atoms with van der Waals surface area (Å²) in [6, 6.07) is 10.7. The molecule has 0 aliphatic heterocycles. The predicted octanol–water partition coefficient (Wildman–Crippen LogP) is 4.32. The zero-order valence-corrected chi connectivity index (χ0v) is 13.3. The molecule has 1 atom stereocenters. The lowest BCUT2D eigenvalue weighted by Crippen LogP contribution is -2.29. The molecule has 0 saturated carbocycles. The summed E-state index contributed by atoms with van der Waals surface area (Å²) in [6.07, 6.45) is 0. The van der Waals surface area contributed by atoms with Crippen LogP contribution in [-0.2, 0) is 6.54 Å². The minimum Gasteiger partial charge on any atom is -0.312 e. The summed E-state index contributed by atoms with van der Waals surface area (Å²) in [5.41, 5.74) is 3.83. The van der Waals surface area contributed by atoms with Gasteiger partial charge in [0, 0.05) is 17.6 Å².